The Balaban J connectivity index is 1.55. The number of fused-ring (bicyclic) bond motifs is 6. The highest BCUT2D eigenvalue weighted by Gasteiger charge is 2.35. The lowest BCUT2D eigenvalue weighted by Crippen LogP contribution is -2.36. The number of cyclic esters (lactones) is 1. The zero-order valence-electron chi connectivity index (χ0n) is 19.9. The summed E-state index contributed by atoms with van der Waals surface area (Å²) in [5.41, 5.74) is 8.54. The Morgan fingerprint density at radius 2 is 2.00 bits per heavy atom. The Morgan fingerprint density at radius 1 is 1.22 bits per heavy atom. The van der Waals surface area contributed by atoms with Crippen molar-refractivity contribution in [3.05, 3.63) is 50.8 Å². The molecular formula is C26H22N4O7. The maximum Gasteiger partial charge on any atom is 0.340 e. The van der Waals surface area contributed by atoms with Crippen LogP contribution in [0.3, 0.4) is 0 Å². The molecule has 3 N–H and O–H groups in total. The summed E-state index contributed by atoms with van der Waals surface area (Å²) in [4.78, 5) is 43.7. The minimum Gasteiger partial charge on any atom is -0.458 e. The number of hydrogen-bond acceptors (Lipinski definition) is 9. The van der Waals surface area contributed by atoms with E-state index in [9.17, 15) is 19.5 Å². The van der Waals surface area contributed by atoms with Crippen LogP contribution in [0.2, 0.25) is 0 Å². The van der Waals surface area contributed by atoms with E-state index in [1.54, 1.807) is 21.6 Å². The van der Waals surface area contributed by atoms with Crippen LogP contribution in [0.4, 0.5) is 0 Å². The largest absolute Gasteiger partial charge is 0.458 e. The summed E-state index contributed by atoms with van der Waals surface area (Å²) in [5, 5.41) is 11.1. The fourth-order valence-corrected chi connectivity index (χ4v) is 4.89. The smallest absolute Gasteiger partial charge is 0.340 e. The van der Waals surface area contributed by atoms with Gasteiger partial charge in [-0.05, 0) is 19.1 Å². The summed E-state index contributed by atoms with van der Waals surface area (Å²) in [6.07, 6.45) is -1.54. The van der Waals surface area contributed by atoms with Crippen LogP contribution in [0.25, 0.3) is 22.3 Å². The van der Waals surface area contributed by atoms with E-state index in [-0.39, 0.29) is 55.6 Å². The minimum atomic E-state index is -1.54. The first kappa shape index (κ1) is 23.0. The third kappa shape index (κ3) is 3.53. The van der Waals surface area contributed by atoms with Gasteiger partial charge < -0.3 is 34.5 Å². The molecule has 11 heteroatoms. The van der Waals surface area contributed by atoms with Gasteiger partial charge in [-0.25, -0.2) is 9.78 Å². The van der Waals surface area contributed by atoms with Crippen LogP contribution in [0.15, 0.2) is 23.0 Å². The maximum absolute atomic E-state index is 13.3. The Kier molecular flexibility index (Phi) is 5.36. The van der Waals surface area contributed by atoms with E-state index in [2.05, 4.69) is 11.8 Å². The molecule has 188 valence electrons. The number of likely N-dealkylation sites (N-methyl/N-ethyl adjacent to an activating group) is 1. The van der Waals surface area contributed by atoms with E-state index >= 15 is 0 Å². The van der Waals surface area contributed by atoms with Crippen LogP contribution in [0.1, 0.15) is 35.3 Å². The molecule has 0 bridgehead atoms. The lowest BCUT2D eigenvalue weighted by atomic mass is 9.98. The Bertz CT molecular complexity index is 1630. The van der Waals surface area contributed by atoms with Crippen LogP contribution < -0.4 is 20.8 Å². The first-order valence-electron chi connectivity index (χ1n) is 11.8. The van der Waals surface area contributed by atoms with E-state index in [0.29, 0.717) is 51.5 Å². The van der Waals surface area contributed by atoms with Crippen LogP contribution in [0, 0.1) is 11.8 Å². The highest BCUT2D eigenvalue weighted by Crippen LogP contribution is 2.41. The Labute approximate surface area is 210 Å². The highest BCUT2D eigenvalue weighted by molar-refractivity contribution is 5.93. The van der Waals surface area contributed by atoms with Gasteiger partial charge in [-0.2, -0.15) is 0 Å². The van der Waals surface area contributed by atoms with Gasteiger partial charge in [0.25, 0.3) is 5.56 Å². The lowest BCUT2D eigenvalue weighted by Gasteiger charge is -2.21. The minimum absolute atomic E-state index is 0.0946. The third-order valence-electron chi connectivity index (χ3n) is 6.84. The standard InChI is InChI=1S/C26H22N4O7/c1-2-29(22(31)9-27)5-3-4-13-14-7-20-21(37-12-36-20)8-18(14)28-23-16(13)10-30-19(23)6-15-17(25(30)33)11-35-26(34)24(15)32/h6-8,24,32H,2,5,9-12,27H2,1H3/t24-/m0/s1. The first-order chi connectivity index (χ1) is 17.9. The number of carbonyl (C=O) groups is 2. The number of nitrogens with two attached hydrogens (primary N) is 1. The highest BCUT2D eigenvalue weighted by atomic mass is 16.7. The van der Waals surface area contributed by atoms with Crippen LogP contribution in [-0.4, -0.2) is 57.9 Å². The summed E-state index contributed by atoms with van der Waals surface area (Å²) >= 11 is 0. The average molecular weight is 502 g/mol. The number of esters is 1. The summed E-state index contributed by atoms with van der Waals surface area (Å²) in [6, 6.07) is 5.19. The van der Waals surface area contributed by atoms with Gasteiger partial charge in [0.1, 0.15) is 6.61 Å². The second-order valence-corrected chi connectivity index (χ2v) is 8.82. The zero-order chi connectivity index (χ0) is 25.8. The lowest BCUT2D eigenvalue weighted by molar-refractivity contribution is -0.157. The molecule has 1 amide bonds. The molecular weight excluding hydrogens is 480 g/mol. The molecule has 3 aliphatic heterocycles. The van der Waals surface area contributed by atoms with Crippen LogP contribution in [0.5, 0.6) is 11.5 Å². The van der Waals surface area contributed by atoms with Gasteiger partial charge >= 0.3 is 5.97 Å². The molecule has 0 radical (unpaired) electrons. The molecule has 5 heterocycles. The van der Waals surface area contributed by atoms with E-state index in [1.807, 2.05) is 13.0 Å². The number of rotatable bonds is 3. The van der Waals surface area contributed by atoms with Crippen molar-refractivity contribution in [3.8, 4) is 34.7 Å². The van der Waals surface area contributed by atoms with E-state index < -0.39 is 12.1 Å². The molecule has 6 rings (SSSR count). The second-order valence-electron chi connectivity index (χ2n) is 8.82. The summed E-state index contributed by atoms with van der Waals surface area (Å²) in [5.74, 6) is 6.38. The normalized spacial score (nSPS) is 16.4. The molecule has 0 saturated heterocycles. The van der Waals surface area contributed by atoms with Crippen molar-refractivity contribution in [2.75, 3.05) is 26.4 Å². The number of aromatic nitrogens is 2. The molecule has 37 heavy (non-hydrogen) atoms. The molecule has 3 aromatic rings. The zero-order valence-corrected chi connectivity index (χ0v) is 19.9. The van der Waals surface area contributed by atoms with Gasteiger partial charge in [-0.1, -0.05) is 11.8 Å². The van der Waals surface area contributed by atoms with Crippen molar-refractivity contribution in [2.24, 2.45) is 5.73 Å². The Hall–Kier alpha value is -4.40. The number of aliphatic hydroxyl groups excluding tert-OH is 1. The van der Waals surface area contributed by atoms with Crippen molar-refractivity contribution in [3.63, 3.8) is 0 Å². The van der Waals surface area contributed by atoms with Gasteiger partial charge in [0.15, 0.2) is 17.6 Å². The molecule has 1 atom stereocenters. The van der Waals surface area contributed by atoms with E-state index in [0.717, 1.165) is 0 Å². The van der Waals surface area contributed by atoms with Gasteiger partial charge in [0, 0.05) is 34.7 Å². The van der Waals surface area contributed by atoms with E-state index in [4.69, 9.17) is 24.9 Å². The number of hydrogen-bond donors (Lipinski definition) is 2. The van der Waals surface area contributed by atoms with Gasteiger partial charge in [-0.3, -0.25) is 9.59 Å². The summed E-state index contributed by atoms with van der Waals surface area (Å²) in [7, 11) is 0. The number of nitrogens with zero attached hydrogens (tertiary/aromatic N) is 3. The van der Waals surface area contributed by atoms with Gasteiger partial charge in [0.05, 0.1) is 42.1 Å². The van der Waals surface area contributed by atoms with Crippen molar-refractivity contribution >= 4 is 22.8 Å². The topological polar surface area (TPSA) is 146 Å². The maximum atomic E-state index is 13.3. The molecule has 3 aliphatic rings. The molecule has 0 fully saturated rings. The van der Waals surface area contributed by atoms with Gasteiger partial charge in [-0.15, -0.1) is 0 Å². The second kappa shape index (κ2) is 8.62. The monoisotopic (exact) mass is 502 g/mol. The SMILES string of the molecule is CCN(CC#Cc1c2c(nc3cc4c(cc13)OCO4)-c1cc3c(c(=O)n1C2)COC(=O)[C@H]3O)C(=O)CN. The molecule has 0 unspecified atom stereocenters. The fraction of sp³-hybridized carbons (Fsp3) is 0.308. The molecule has 0 spiro atoms. The van der Waals surface area contributed by atoms with Gasteiger partial charge in [0.2, 0.25) is 12.7 Å². The quantitative estimate of drug-likeness (QED) is 0.300. The van der Waals surface area contributed by atoms with Crippen LogP contribution >= 0.6 is 0 Å². The third-order valence-corrected chi connectivity index (χ3v) is 6.84. The average Bonchev–Trinajstić information content (AvgIpc) is 3.51. The molecule has 0 aliphatic carbocycles. The molecule has 11 nitrogen and oxygen atoms in total. The summed E-state index contributed by atoms with van der Waals surface area (Å²) in [6.45, 7) is 2.48. The number of benzene rings is 1. The number of ether oxygens (including phenoxy) is 3. The van der Waals surface area contributed by atoms with Crippen LogP contribution in [-0.2, 0) is 27.5 Å². The molecule has 2 aromatic heterocycles. The number of amides is 1. The van der Waals surface area contributed by atoms with Crippen molar-refractivity contribution in [1.82, 2.24) is 14.5 Å². The molecule has 0 saturated carbocycles. The number of pyridine rings is 2. The fourth-order valence-electron chi connectivity index (χ4n) is 4.89. The molecule has 1 aromatic carbocycles. The number of carbonyl (C=O) groups excluding carboxylic acids is 2. The van der Waals surface area contributed by atoms with Crippen molar-refractivity contribution in [2.45, 2.75) is 26.2 Å². The predicted octanol–water partition coefficient (Wildman–Crippen LogP) is 0.403. The number of aliphatic hydroxyl groups is 1. The predicted molar refractivity (Wildman–Crippen MR) is 130 cm³/mol. The van der Waals surface area contributed by atoms with E-state index in [1.165, 1.54) is 0 Å². The Morgan fingerprint density at radius 3 is 2.76 bits per heavy atom. The summed E-state index contributed by atoms with van der Waals surface area (Å²) < 4.78 is 17.6. The van der Waals surface area contributed by atoms with Crippen molar-refractivity contribution in [1.29, 1.82) is 0 Å². The first-order valence-corrected chi connectivity index (χ1v) is 11.8. The van der Waals surface area contributed by atoms with Crippen molar-refractivity contribution < 1.29 is 28.9 Å².